The van der Waals surface area contributed by atoms with E-state index in [0.29, 0.717) is 10.8 Å². The van der Waals surface area contributed by atoms with Crippen LogP contribution in [-0.4, -0.2) is 4.98 Å². The molecule has 76 valence electrons. The molecule has 2 N–H and O–H groups in total. The summed E-state index contributed by atoms with van der Waals surface area (Å²) in [6, 6.07) is 9.78. The lowest BCUT2D eigenvalue weighted by molar-refractivity contribution is 1.33. The molecule has 2 rings (SSSR count). The first-order valence-corrected chi connectivity index (χ1v) is 5.02. The number of aromatic nitrogens is 1. The number of hydrogen-bond donors (Lipinski definition) is 1. The molecule has 0 amide bonds. The molecule has 0 unspecified atom stereocenters. The second-order valence-corrected chi connectivity index (χ2v) is 3.87. The summed E-state index contributed by atoms with van der Waals surface area (Å²) in [5.74, 6) is 0.441. The predicted molar refractivity (Wildman–Crippen MR) is 63.8 cm³/mol. The standard InChI is InChI=1S/C12H11ClN2/c1-8-3-2-4-9(5-8)10-7-15-12(14)6-11(10)13/h2-7H,1H3,(H2,14,15). The Bertz CT molecular complexity index is 495. The summed E-state index contributed by atoms with van der Waals surface area (Å²) in [5, 5.41) is 0.633. The van der Waals surface area contributed by atoms with Crippen LogP contribution < -0.4 is 5.73 Å². The van der Waals surface area contributed by atoms with Crippen molar-refractivity contribution >= 4 is 17.4 Å². The number of anilines is 1. The van der Waals surface area contributed by atoms with Crippen molar-refractivity contribution in [1.82, 2.24) is 4.98 Å². The lowest BCUT2D eigenvalue weighted by Gasteiger charge is -2.05. The Morgan fingerprint density at radius 3 is 2.73 bits per heavy atom. The molecule has 0 bridgehead atoms. The van der Waals surface area contributed by atoms with Crippen molar-refractivity contribution in [2.24, 2.45) is 0 Å². The Labute approximate surface area is 93.7 Å². The molecule has 0 saturated carbocycles. The number of benzene rings is 1. The van der Waals surface area contributed by atoms with Gasteiger partial charge in [0.15, 0.2) is 0 Å². The summed E-state index contributed by atoms with van der Waals surface area (Å²) in [4.78, 5) is 4.04. The van der Waals surface area contributed by atoms with Gasteiger partial charge in [-0.15, -0.1) is 0 Å². The second kappa shape index (κ2) is 3.91. The molecule has 3 heteroatoms. The number of rotatable bonds is 1. The van der Waals surface area contributed by atoms with Crippen LogP contribution >= 0.6 is 11.6 Å². The zero-order valence-corrected chi connectivity index (χ0v) is 9.12. The number of nitrogen functional groups attached to an aromatic ring is 1. The molecule has 2 aromatic rings. The van der Waals surface area contributed by atoms with Crippen molar-refractivity contribution in [2.45, 2.75) is 6.92 Å². The first-order chi connectivity index (χ1) is 7.16. The molecular weight excluding hydrogens is 208 g/mol. The van der Waals surface area contributed by atoms with Gasteiger partial charge in [0.1, 0.15) is 5.82 Å². The number of nitrogens with zero attached hydrogens (tertiary/aromatic N) is 1. The third-order valence-corrected chi connectivity index (χ3v) is 2.52. The average Bonchev–Trinajstić information content (AvgIpc) is 2.17. The molecule has 0 atom stereocenters. The van der Waals surface area contributed by atoms with Crippen LogP contribution in [0.3, 0.4) is 0 Å². The van der Waals surface area contributed by atoms with Gasteiger partial charge in [-0.05, 0) is 18.6 Å². The van der Waals surface area contributed by atoms with Gasteiger partial charge < -0.3 is 5.73 Å². The van der Waals surface area contributed by atoms with Gasteiger partial charge in [-0.2, -0.15) is 0 Å². The van der Waals surface area contributed by atoms with E-state index in [1.54, 1.807) is 12.3 Å². The van der Waals surface area contributed by atoms with E-state index in [2.05, 4.69) is 11.1 Å². The van der Waals surface area contributed by atoms with E-state index in [1.165, 1.54) is 5.56 Å². The van der Waals surface area contributed by atoms with E-state index >= 15 is 0 Å². The largest absolute Gasteiger partial charge is 0.384 e. The highest BCUT2D eigenvalue weighted by Gasteiger charge is 2.04. The lowest BCUT2D eigenvalue weighted by atomic mass is 10.1. The van der Waals surface area contributed by atoms with Crippen LogP contribution in [0, 0.1) is 6.92 Å². The van der Waals surface area contributed by atoms with Crippen LogP contribution in [0.2, 0.25) is 5.02 Å². The number of halogens is 1. The molecule has 0 saturated heterocycles. The van der Waals surface area contributed by atoms with Crippen LogP contribution in [0.25, 0.3) is 11.1 Å². The average molecular weight is 219 g/mol. The highest BCUT2D eigenvalue weighted by Crippen LogP contribution is 2.28. The molecule has 15 heavy (non-hydrogen) atoms. The van der Waals surface area contributed by atoms with Crippen molar-refractivity contribution in [3.8, 4) is 11.1 Å². The van der Waals surface area contributed by atoms with Crippen molar-refractivity contribution in [1.29, 1.82) is 0 Å². The van der Waals surface area contributed by atoms with Crippen LogP contribution in [0.4, 0.5) is 5.82 Å². The molecule has 0 fully saturated rings. The van der Waals surface area contributed by atoms with Crippen molar-refractivity contribution in [3.63, 3.8) is 0 Å². The Balaban J connectivity index is 2.54. The van der Waals surface area contributed by atoms with E-state index in [1.807, 2.05) is 25.1 Å². The summed E-state index contributed by atoms with van der Waals surface area (Å²) < 4.78 is 0. The molecule has 0 radical (unpaired) electrons. The maximum atomic E-state index is 6.10. The van der Waals surface area contributed by atoms with Crippen LogP contribution in [-0.2, 0) is 0 Å². The second-order valence-electron chi connectivity index (χ2n) is 3.46. The van der Waals surface area contributed by atoms with Crippen LogP contribution in [0.5, 0.6) is 0 Å². The van der Waals surface area contributed by atoms with E-state index in [4.69, 9.17) is 17.3 Å². The van der Waals surface area contributed by atoms with E-state index in [9.17, 15) is 0 Å². The highest BCUT2D eigenvalue weighted by atomic mass is 35.5. The third kappa shape index (κ3) is 2.10. The minimum Gasteiger partial charge on any atom is -0.384 e. The summed E-state index contributed by atoms with van der Waals surface area (Å²) in [5.41, 5.74) is 8.71. The molecular formula is C12H11ClN2. The smallest absolute Gasteiger partial charge is 0.124 e. The molecule has 0 aliphatic heterocycles. The topological polar surface area (TPSA) is 38.9 Å². The van der Waals surface area contributed by atoms with E-state index in [-0.39, 0.29) is 0 Å². The molecule has 0 aliphatic carbocycles. The van der Waals surface area contributed by atoms with Gasteiger partial charge in [0.25, 0.3) is 0 Å². The maximum Gasteiger partial charge on any atom is 0.124 e. The van der Waals surface area contributed by atoms with E-state index in [0.717, 1.165) is 11.1 Å². The quantitative estimate of drug-likeness (QED) is 0.798. The SMILES string of the molecule is Cc1cccc(-c2cnc(N)cc2Cl)c1. The van der Waals surface area contributed by atoms with Gasteiger partial charge in [0.05, 0.1) is 5.02 Å². The fraction of sp³-hybridized carbons (Fsp3) is 0.0833. The van der Waals surface area contributed by atoms with Gasteiger partial charge in [0.2, 0.25) is 0 Å². The Morgan fingerprint density at radius 2 is 2.07 bits per heavy atom. The Hall–Kier alpha value is -1.54. The highest BCUT2D eigenvalue weighted by molar-refractivity contribution is 6.33. The number of nitrogens with two attached hydrogens (primary N) is 1. The van der Waals surface area contributed by atoms with Gasteiger partial charge in [-0.3, -0.25) is 0 Å². The fourth-order valence-electron chi connectivity index (χ4n) is 1.47. The predicted octanol–water partition coefficient (Wildman–Crippen LogP) is 3.29. The number of aryl methyl sites for hydroxylation is 1. The van der Waals surface area contributed by atoms with Crippen LogP contribution in [0.1, 0.15) is 5.56 Å². The van der Waals surface area contributed by atoms with E-state index < -0.39 is 0 Å². The molecule has 1 heterocycles. The minimum absolute atomic E-state index is 0.441. The normalized spacial score (nSPS) is 10.3. The van der Waals surface area contributed by atoms with Gasteiger partial charge in [-0.1, -0.05) is 41.4 Å². The molecule has 1 aromatic heterocycles. The third-order valence-electron chi connectivity index (χ3n) is 2.20. The van der Waals surface area contributed by atoms with Crippen molar-refractivity contribution < 1.29 is 0 Å². The van der Waals surface area contributed by atoms with Gasteiger partial charge in [-0.25, -0.2) is 4.98 Å². The zero-order valence-electron chi connectivity index (χ0n) is 8.37. The Morgan fingerprint density at radius 1 is 1.27 bits per heavy atom. The molecule has 2 nitrogen and oxygen atoms in total. The number of pyridine rings is 1. The van der Waals surface area contributed by atoms with Crippen molar-refractivity contribution in [3.05, 3.63) is 47.1 Å². The summed E-state index contributed by atoms with van der Waals surface area (Å²) in [6.07, 6.45) is 1.70. The fourth-order valence-corrected chi connectivity index (χ4v) is 1.74. The number of hydrogen-bond acceptors (Lipinski definition) is 2. The molecule has 0 aliphatic rings. The van der Waals surface area contributed by atoms with Crippen molar-refractivity contribution in [2.75, 3.05) is 5.73 Å². The minimum atomic E-state index is 0.441. The Kier molecular flexibility index (Phi) is 2.60. The monoisotopic (exact) mass is 218 g/mol. The zero-order chi connectivity index (χ0) is 10.8. The van der Waals surface area contributed by atoms with Gasteiger partial charge in [0, 0.05) is 11.8 Å². The maximum absolute atomic E-state index is 6.10. The van der Waals surface area contributed by atoms with Crippen LogP contribution in [0.15, 0.2) is 36.5 Å². The summed E-state index contributed by atoms with van der Waals surface area (Å²) >= 11 is 6.10. The lowest BCUT2D eigenvalue weighted by Crippen LogP contribution is -1.90. The first-order valence-electron chi connectivity index (χ1n) is 4.65. The van der Waals surface area contributed by atoms with Gasteiger partial charge >= 0.3 is 0 Å². The first kappa shape index (κ1) is 9.99. The molecule has 1 aromatic carbocycles. The molecule has 0 spiro atoms. The summed E-state index contributed by atoms with van der Waals surface area (Å²) in [7, 11) is 0. The summed E-state index contributed by atoms with van der Waals surface area (Å²) in [6.45, 7) is 2.04.